The summed E-state index contributed by atoms with van der Waals surface area (Å²) in [7, 11) is 1.53. The van der Waals surface area contributed by atoms with Crippen LogP contribution in [0.4, 0.5) is 5.82 Å². The fourth-order valence-electron chi connectivity index (χ4n) is 2.24. The maximum Gasteiger partial charge on any atom is 0.246 e. The van der Waals surface area contributed by atoms with E-state index in [2.05, 4.69) is 15.2 Å². The van der Waals surface area contributed by atoms with Gasteiger partial charge in [0.2, 0.25) is 5.91 Å². The molecule has 1 amide bonds. The molecule has 0 aliphatic carbocycles. The van der Waals surface area contributed by atoms with Crippen molar-refractivity contribution in [2.24, 2.45) is 0 Å². The van der Waals surface area contributed by atoms with Gasteiger partial charge in [-0.3, -0.25) is 4.79 Å². The molecule has 0 saturated carbocycles. The number of aromatic nitrogens is 1. The minimum Gasteiger partial charge on any atom is -0.375 e. The summed E-state index contributed by atoms with van der Waals surface area (Å²) in [5.41, 5.74) is 0. The van der Waals surface area contributed by atoms with Crippen LogP contribution in [-0.2, 0) is 9.53 Å². The molecular weight excluding hydrogens is 230 g/mol. The monoisotopic (exact) mass is 249 g/mol. The van der Waals surface area contributed by atoms with Gasteiger partial charge in [-0.15, -0.1) is 0 Å². The third-order valence-electron chi connectivity index (χ3n) is 3.04. The molecule has 0 radical (unpaired) electrons. The lowest BCUT2D eigenvalue weighted by molar-refractivity contribution is -0.125. The number of hydrogen-bond donors (Lipinski definition) is 1. The Morgan fingerprint density at radius 1 is 1.61 bits per heavy atom. The Balaban J connectivity index is 1.91. The molecule has 2 heterocycles. The highest BCUT2D eigenvalue weighted by molar-refractivity contribution is 5.77. The Bertz CT molecular complexity index is 383. The minimum atomic E-state index is -0.0506. The molecule has 1 saturated heterocycles. The molecule has 18 heavy (non-hydrogen) atoms. The average Bonchev–Trinajstić information content (AvgIpc) is 2.40. The molecule has 1 aromatic heterocycles. The smallest absolute Gasteiger partial charge is 0.246 e. The van der Waals surface area contributed by atoms with Gasteiger partial charge in [0, 0.05) is 32.4 Å². The van der Waals surface area contributed by atoms with Crippen LogP contribution in [0.5, 0.6) is 0 Å². The van der Waals surface area contributed by atoms with Crippen LogP contribution in [0.25, 0.3) is 0 Å². The van der Waals surface area contributed by atoms with E-state index in [1.165, 1.54) is 7.11 Å². The van der Waals surface area contributed by atoms with Crippen LogP contribution in [0.2, 0.25) is 0 Å². The number of methoxy groups -OCH3 is 1. The topological polar surface area (TPSA) is 54.5 Å². The van der Waals surface area contributed by atoms with Crippen LogP contribution in [0.3, 0.4) is 0 Å². The third-order valence-corrected chi connectivity index (χ3v) is 3.04. The maximum absolute atomic E-state index is 11.5. The van der Waals surface area contributed by atoms with E-state index in [-0.39, 0.29) is 18.6 Å². The van der Waals surface area contributed by atoms with Crippen molar-refractivity contribution in [3.8, 4) is 0 Å². The first-order valence-corrected chi connectivity index (χ1v) is 6.24. The summed E-state index contributed by atoms with van der Waals surface area (Å²) in [5, 5.41) is 2.99. The van der Waals surface area contributed by atoms with Gasteiger partial charge in [-0.25, -0.2) is 4.98 Å². The second-order valence-electron chi connectivity index (χ2n) is 4.47. The Labute approximate surface area is 107 Å². The number of anilines is 1. The van der Waals surface area contributed by atoms with Crippen molar-refractivity contribution < 1.29 is 9.53 Å². The summed E-state index contributed by atoms with van der Waals surface area (Å²) in [5.74, 6) is 0.925. The Morgan fingerprint density at radius 2 is 2.50 bits per heavy atom. The predicted octanol–water partition coefficient (Wildman–Crippen LogP) is 0.813. The van der Waals surface area contributed by atoms with Gasteiger partial charge in [0.15, 0.2) is 0 Å². The van der Waals surface area contributed by atoms with E-state index in [0.717, 1.165) is 31.7 Å². The van der Waals surface area contributed by atoms with Crippen LogP contribution < -0.4 is 10.2 Å². The average molecular weight is 249 g/mol. The fourth-order valence-corrected chi connectivity index (χ4v) is 2.24. The number of amides is 1. The Kier molecular flexibility index (Phi) is 4.52. The summed E-state index contributed by atoms with van der Waals surface area (Å²) in [6, 6.07) is 6.07. The van der Waals surface area contributed by atoms with Crippen molar-refractivity contribution in [1.29, 1.82) is 0 Å². The van der Waals surface area contributed by atoms with Crippen molar-refractivity contribution in [3.63, 3.8) is 0 Å². The highest BCUT2D eigenvalue weighted by atomic mass is 16.5. The van der Waals surface area contributed by atoms with E-state index < -0.39 is 0 Å². The van der Waals surface area contributed by atoms with Gasteiger partial charge < -0.3 is 15.0 Å². The zero-order chi connectivity index (χ0) is 12.8. The molecule has 0 aromatic carbocycles. The van der Waals surface area contributed by atoms with Gasteiger partial charge in [0.05, 0.1) is 0 Å². The zero-order valence-electron chi connectivity index (χ0n) is 10.6. The summed E-state index contributed by atoms with van der Waals surface area (Å²) in [4.78, 5) is 18.0. The first-order chi connectivity index (χ1) is 8.79. The molecule has 5 nitrogen and oxygen atoms in total. The number of pyridine rings is 1. The maximum atomic E-state index is 11.5. The number of ether oxygens (including phenoxy) is 1. The van der Waals surface area contributed by atoms with Gasteiger partial charge in [0.1, 0.15) is 12.4 Å². The van der Waals surface area contributed by atoms with E-state index in [1.54, 1.807) is 6.20 Å². The van der Waals surface area contributed by atoms with Gasteiger partial charge in [-0.2, -0.15) is 0 Å². The van der Waals surface area contributed by atoms with E-state index in [9.17, 15) is 4.79 Å². The molecule has 1 atom stereocenters. The van der Waals surface area contributed by atoms with Gasteiger partial charge in [-0.05, 0) is 25.0 Å². The van der Waals surface area contributed by atoms with Crippen LogP contribution in [0, 0.1) is 0 Å². The van der Waals surface area contributed by atoms with Crippen molar-refractivity contribution in [1.82, 2.24) is 10.3 Å². The first kappa shape index (κ1) is 12.8. The Morgan fingerprint density at radius 3 is 3.22 bits per heavy atom. The normalized spacial score (nSPS) is 19.6. The molecule has 1 N–H and O–H groups in total. The number of piperidine rings is 1. The summed E-state index contributed by atoms with van der Waals surface area (Å²) in [6.45, 7) is 1.93. The van der Waals surface area contributed by atoms with E-state index >= 15 is 0 Å². The Hall–Kier alpha value is -1.62. The van der Waals surface area contributed by atoms with Gasteiger partial charge >= 0.3 is 0 Å². The standard InChI is InChI=1S/C13H19N3O2/c1-18-10-13(17)15-11-5-4-8-16(9-11)12-6-2-3-7-14-12/h2-3,6-7,11H,4-5,8-10H2,1H3,(H,15,17)/t11-/m0/s1. The lowest BCUT2D eigenvalue weighted by Crippen LogP contribution is -2.48. The quantitative estimate of drug-likeness (QED) is 0.858. The predicted molar refractivity (Wildman–Crippen MR) is 69.5 cm³/mol. The van der Waals surface area contributed by atoms with Crippen molar-refractivity contribution in [3.05, 3.63) is 24.4 Å². The molecule has 5 heteroatoms. The van der Waals surface area contributed by atoms with Crippen molar-refractivity contribution in [2.45, 2.75) is 18.9 Å². The van der Waals surface area contributed by atoms with E-state index in [4.69, 9.17) is 4.74 Å². The number of hydrogen-bond acceptors (Lipinski definition) is 4. The van der Waals surface area contributed by atoms with Crippen LogP contribution in [-0.4, -0.2) is 43.7 Å². The van der Waals surface area contributed by atoms with Crippen molar-refractivity contribution in [2.75, 3.05) is 31.7 Å². The van der Waals surface area contributed by atoms with Gasteiger partial charge in [-0.1, -0.05) is 6.07 Å². The lowest BCUT2D eigenvalue weighted by atomic mass is 10.1. The highest BCUT2D eigenvalue weighted by Crippen LogP contribution is 2.16. The van der Waals surface area contributed by atoms with Crippen LogP contribution in [0.15, 0.2) is 24.4 Å². The zero-order valence-corrected chi connectivity index (χ0v) is 10.6. The third kappa shape index (κ3) is 3.43. The lowest BCUT2D eigenvalue weighted by Gasteiger charge is -2.33. The van der Waals surface area contributed by atoms with E-state index in [0.29, 0.717) is 0 Å². The van der Waals surface area contributed by atoms with Crippen molar-refractivity contribution >= 4 is 11.7 Å². The molecule has 0 bridgehead atoms. The first-order valence-electron chi connectivity index (χ1n) is 6.24. The number of carbonyl (C=O) groups is 1. The molecule has 98 valence electrons. The number of nitrogens with one attached hydrogen (secondary N) is 1. The van der Waals surface area contributed by atoms with Gasteiger partial charge in [0.25, 0.3) is 0 Å². The molecule has 0 unspecified atom stereocenters. The second kappa shape index (κ2) is 6.35. The molecule has 2 rings (SSSR count). The second-order valence-corrected chi connectivity index (χ2v) is 4.47. The number of carbonyl (C=O) groups excluding carboxylic acids is 1. The fraction of sp³-hybridized carbons (Fsp3) is 0.538. The molecule has 1 aliphatic rings. The molecule has 1 aromatic rings. The van der Waals surface area contributed by atoms with Crippen LogP contribution in [0.1, 0.15) is 12.8 Å². The highest BCUT2D eigenvalue weighted by Gasteiger charge is 2.21. The largest absolute Gasteiger partial charge is 0.375 e. The summed E-state index contributed by atoms with van der Waals surface area (Å²) >= 11 is 0. The summed E-state index contributed by atoms with van der Waals surface area (Å²) in [6.07, 6.45) is 3.87. The molecular formula is C13H19N3O2. The minimum absolute atomic E-state index is 0.0506. The number of rotatable bonds is 4. The molecule has 0 spiro atoms. The van der Waals surface area contributed by atoms with E-state index in [1.807, 2.05) is 18.2 Å². The molecule has 1 fully saturated rings. The van der Waals surface area contributed by atoms with Crippen LogP contribution >= 0.6 is 0 Å². The summed E-state index contributed by atoms with van der Waals surface area (Å²) < 4.78 is 4.82. The number of nitrogens with zero attached hydrogens (tertiary/aromatic N) is 2. The molecule has 1 aliphatic heterocycles. The SMILES string of the molecule is COCC(=O)N[C@H]1CCCN(c2ccccn2)C1.